The van der Waals surface area contributed by atoms with E-state index in [1.165, 1.54) is 11.8 Å². The van der Waals surface area contributed by atoms with Gasteiger partial charge in [-0.05, 0) is 12.1 Å². The molecule has 25 heavy (non-hydrogen) atoms. The molecule has 2 heterocycles. The zero-order chi connectivity index (χ0) is 17.5. The molecule has 0 spiro atoms. The maximum atomic E-state index is 11.8. The average Bonchev–Trinajstić information content (AvgIpc) is 3.10. The summed E-state index contributed by atoms with van der Waals surface area (Å²) in [6, 6.07) is 9.88. The number of ether oxygens (including phenoxy) is 1. The number of hydrogen-bond donors (Lipinski definition) is 1. The van der Waals surface area contributed by atoms with Crippen LogP contribution in [-0.4, -0.2) is 59.3 Å². The Morgan fingerprint density at radius 2 is 2.04 bits per heavy atom. The van der Waals surface area contributed by atoms with Gasteiger partial charge in [0.2, 0.25) is 11.9 Å². The van der Waals surface area contributed by atoms with Crippen LogP contribution in [0.4, 0.5) is 5.95 Å². The van der Waals surface area contributed by atoms with Crippen LogP contribution >= 0.6 is 11.8 Å². The van der Waals surface area contributed by atoms with E-state index in [9.17, 15) is 4.79 Å². The molecule has 0 radical (unpaired) electrons. The minimum Gasteiger partial charge on any atom is -0.378 e. The van der Waals surface area contributed by atoms with E-state index in [0.717, 1.165) is 24.7 Å². The summed E-state index contributed by atoms with van der Waals surface area (Å²) in [6.07, 6.45) is 5.16. The van der Waals surface area contributed by atoms with Crippen molar-refractivity contribution in [2.45, 2.75) is 5.16 Å². The Bertz CT molecular complexity index is 750. The van der Waals surface area contributed by atoms with Gasteiger partial charge < -0.3 is 15.0 Å². The van der Waals surface area contributed by atoms with Crippen LogP contribution in [0, 0.1) is 12.3 Å². The molecule has 1 saturated heterocycles. The molecule has 8 heteroatoms. The Hall–Kier alpha value is -2.50. The Morgan fingerprint density at radius 3 is 2.76 bits per heavy atom. The first kappa shape index (κ1) is 17.3. The standard InChI is InChI=1S/C17H19N5O2S/c1-2-8-18-15(23)13-25-17-20-19-16(21-9-11-24-12-10-21)22(17)14-6-4-3-5-7-14/h1,3-7H,8-13H2,(H,18,23). The molecule has 0 unspecified atom stereocenters. The molecule has 1 amide bonds. The fraction of sp³-hybridized carbons (Fsp3) is 0.353. The van der Waals surface area contributed by atoms with Gasteiger partial charge in [0.15, 0.2) is 5.16 Å². The van der Waals surface area contributed by atoms with Crippen molar-refractivity contribution in [3.05, 3.63) is 30.3 Å². The van der Waals surface area contributed by atoms with Gasteiger partial charge in [-0.1, -0.05) is 35.9 Å². The zero-order valence-corrected chi connectivity index (χ0v) is 14.5. The highest BCUT2D eigenvalue weighted by atomic mass is 32.2. The van der Waals surface area contributed by atoms with Crippen LogP contribution in [-0.2, 0) is 9.53 Å². The van der Waals surface area contributed by atoms with E-state index >= 15 is 0 Å². The van der Waals surface area contributed by atoms with Crippen molar-refractivity contribution in [1.29, 1.82) is 0 Å². The molecule has 3 rings (SSSR count). The number of rotatable bonds is 6. The normalized spacial score (nSPS) is 14.1. The number of para-hydroxylation sites is 1. The first-order valence-corrected chi connectivity index (χ1v) is 8.94. The number of carbonyl (C=O) groups is 1. The van der Waals surface area contributed by atoms with Crippen molar-refractivity contribution in [3.8, 4) is 18.0 Å². The van der Waals surface area contributed by atoms with E-state index < -0.39 is 0 Å². The number of nitrogens with one attached hydrogen (secondary N) is 1. The lowest BCUT2D eigenvalue weighted by molar-refractivity contribution is -0.118. The molecule has 1 fully saturated rings. The number of thioether (sulfide) groups is 1. The Kier molecular flexibility index (Phi) is 5.93. The van der Waals surface area contributed by atoms with Gasteiger partial charge in [0, 0.05) is 13.1 Å². The number of benzene rings is 1. The summed E-state index contributed by atoms with van der Waals surface area (Å²) in [5.41, 5.74) is 0.959. The summed E-state index contributed by atoms with van der Waals surface area (Å²) in [6.45, 7) is 3.08. The third-order valence-electron chi connectivity index (χ3n) is 3.64. The van der Waals surface area contributed by atoms with Gasteiger partial charge in [-0.2, -0.15) is 0 Å². The Morgan fingerprint density at radius 1 is 1.28 bits per heavy atom. The highest BCUT2D eigenvalue weighted by Crippen LogP contribution is 2.26. The molecule has 0 saturated carbocycles. The molecule has 1 aliphatic rings. The van der Waals surface area contributed by atoms with Crippen molar-refractivity contribution in [2.24, 2.45) is 0 Å². The summed E-state index contributed by atoms with van der Waals surface area (Å²) in [5, 5.41) is 12.0. The van der Waals surface area contributed by atoms with E-state index in [1.807, 2.05) is 34.9 Å². The molecule has 130 valence electrons. The molecule has 0 aliphatic carbocycles. The smallest absolute Gasteiger partial charge is 0.232 e. The van der Waals surface area contributed by atoms with Gasteiger partial charge in [-0.15, -0.1) is 16.6 Å². The quantitative estimate of drug-likeness (QED) is 0.613. The SMILES string of the molecule is C#CCNC(=O)CSc1nnc(N2CCOCC2)n1-c1ccccc1. The third-order valence-corrected chi connectivity index (χ3v) is 4.57. The summed E-state index contributed by atoms with van der Waals surface area (Å²) in [5.74, 6) is 3.26. The minimum atomic E-state index is -0.126. The van der Waals surface area contributed by atoms with Crippen LogP contribution in [0.5, 0.6) is 0 Å². The van der Waals surface area contributed by atoms with Crippen LogP contribution < -0.4 is 10.2 Å². The number of terminal acetylenes is 1. The maximum Gasteiger partial charge on any atom is 0.232 e. The predicted molar refractivity (Wildman–Crippen MR) is 97.0 cm³/mol. The number of nitrogens with zero attached hydrogens (tertiary/aromatic N) is 4. The van der Waals surface area contributed by atoms with Crippen LogP contribution in [0.25, 0.3) is 5.69 Å². The molecular formula is C17H19N5O2S. The predicted octanol–water partition coefficient (Wildman–Crippen LogP) is 0.945. The largest absolute Gasteiger partial charge is 0.378 e. The lowest BCUT2D eigenvalue weighted by Gasteiger charge is -2.27. The molecule has 1 aromatic carbocycles. The van der Waals surface area contributed by atoms with Crippen LogP contribution in [0.2, 0.25) is 0 Å². The van der Waals surface area contributed by atoms with E-state index in [0.29, 0.717) is 18.4 Å². The van der Waals surface area contributed by atoms with E-state index in [-0.39, 0.29) is 18.2 Å². The monoisotopic (exact) mass is 357 g/mol. The van der Waals surface area contributed by atoms with Gasteiger partial charge in [-0.3, -0.25) is 9.36 Å². The summed E-state index contributed by atoms with van der Waals surface area (Å²) in [7, 11) is 0. The van der Waals surface area contributed by atoms with Crippen molar-refractivity contribution in [2.75, 3.05) is 43.5 Å². The van der Waals surface area contributed by atoms with Gasteiger partial charge >= 0.3 is 0 Å². The summed E-state index contributed by atoms with van der Waals surface area (Å²) >= 11 is 1.34. The van der Waals surface area contributed by atoms with Gasteiger partial charge in [0.25, 0.3) is 0 Å². The van der Waals surface area contributed by atoms with Crippen molar-refractivity contribution < 1.29 is 9.53 Å². The number of morpholine rings is 1. The second-order valence-corrected chi connectivity index (χ2v) is 6.26. The molecule has 2 aromatic rings. The maximum absolute atomic E-state index is 11.8. The lowest BCUT2D eigenvalue weighted by Crippen LogP contribution is -2.37. The molecule has 7 nitrogen and oxygen atoms in total. The van der Waals surface area contributed by atoms with Crippen LogP contribution in [0.15, 0.2) is 35.5 Å². The van der Waals surface area contributed by atoms with Crippen molar-refractivity contribution >= 4 is 23.6 Å². The highest BCUT2D eigenvalue weighted by Gasteiger charge is 2.22. The Balaban J connectivity index is 1.84. The lowest BCUT2D eigenvalue weighted by atomic mass is 10.3. The molecule has 1 aromatic heterocycles. The first-order chi connectivity index (χ1) is 12.3. The minimum absolute atomic E-state index is 0.126. The molecule has 0 atom stereocenters. The number of anilines is 1. The van der Waals surface area contributed by atoms with Crippen molar-refractivity contribution in [3.63, 3.8) is 0 Å². The topological polar surface area (TPSA) is 72.3 Å². The number of hydrogen-bond acceptors (Lipinski definition) is 6. The summed E-state index contributed by atoms with van der Waals surface area (Å²) in [4.78, 5) is 14.0. The molecule has 0 bridgehead atoms. The molecular weight excluding hydrogens is 338 g/mol. The number of aromatic nitrogens is 3. The van der Waals surface area contributed by atoms with Crippen molar-refractivity contribution in [1.82, 2.24) is 20.1 Å². The fourth-order valence-electron chi connectivity index (χ4n) is 2.46. The molecule has 1 N–H and O–H groups in total. The zero-order valence-electron chi connectivity index (χ0n) is 13.7. The summed E-state index contributed by atoms with van der Waals surface area (Å²) < 4.78 is 7.39. The first-order valence-electron chi connectivity index (χ1n) is 7.96. The number of amides is 1. The second kappa shape index (κ2) is 8.55. The third kappa shape index (κ3) is 4.32. The van der Waals surface area contributed by atoms with E-state index in [2.05, 4.69) is 26.3 Å². The average molecular weight is 357 g/mol. The Labute approximate surface area is 150 Å². The van der Waals surface area contributed by atoms with Gasteiger partial charge in [0.1, 0.15) is 0 Å². The number of carbonyl (C=O) groups excluding carboxylic acids is 1. The fourth-order valence-corrected chi connectivity index (χ4v) is 3.23. The van der Waals surface area contributed by atoms with Crippen LogP contribution in [0.3, 0.4) is 0 Å². The van der Waals surface area contributed by atoms with Gasteiger partial charge in [-0.25, -0.2) is 0 Å². The molecule has 1 aliphatic heterocycles. The second-order valence-electron chi connectivity index (χ2n) is 5.32. The highest BCUT2D eigenvalue weighted by molar-refractivity contribution is 7.99. The van der Waals surface area contributed by atoms with Gasteiger partial charge in [0.05, 0.1) is 31.2 Å². The van der Waals surface area contributed by atoms with E-state index in [4.69, 9.17) is 11.2 Å². The van der Waals surface area contributed by atoms with E-state index in [1.54, 1.807) is 0 Å². The van der Waals surface area contributed by atoms with Crippen LogP contribution in [0.1, 0.15) is 0 Å².